The first-order valence-corrected chi connectivity index (χ1v) is 7.74. The summed E-state index contributed by atoms with van der Waals surface area (Å²) >= 11 is 1.72. The van der Waals surface area contributed by atoms with E-state index in [0.29, 0.717) is 5.52 Å². The van der Waals surface area contributed by atoms with Gasteiger partial charge in [-0.1, -0.05) is 13.0 Å². The highest BCUT2D eigenvalue weighted by Crippen LogP contribution is 2.24. The molecule has 0 saturated carbocycles. The molecular formula is C16H16N2O2S. The van der Waals surface area contributed by atoms with Crippen molar-refractivity contribution < 1.29 is 9.90 Å². The second-order valence-corrected chi connectivity index (χ2v) is 5.97. The minimum Gasteiger partial charge on any atom is -0.478 e. The Morgan fingerprint density at radius 2 is 2.19 bits per heavy atom. The third-order valence-corrected chi connectivity index (χ3v) is 4.68. The third-order valence-electron chi connectivity index (χ3n) is 3.67. The summed E-state index contributed by atoms with van der Waals surface area (Å²) in [5.74, 6) is -0.00768. The summed E-state index contributed by atoms with van der Waals surface area (Å²) in [7, 11) is 0. The van der Waals surface area contributed by atoms with Gasteiger partial charge in [0.25, 0.3) is 0 Å². The van der Waals surface area contributed by atoms with Crippen LogP contribution in [0, 0.1) is 6.92 Å². The largest absolute Gasteiger partial charge is 0.478 e. The van der Waals surface area contributed by atoms with Gasteiger partial charge in [-0.15, -0.1) is 11.3 Å². The second-order valence-electron chi connectivity index (χ2n) is 4.97. The number of imidazole rings is 1. The predicted molar refractivity (Wildman–Crippen MR) is 84.2 cm³/mol. The van der Waals surface area contributed by atoms with Crippen molar-refractivity contribution in [3.8, 4) is 0 Å². The number of benzene rings is 1. The molecule has 108 valence electrons. The van der Waals surface area contributed by atoms with E-state index >= 15 is 0 Å². The summed E-state index contributed by atoms with van der Waals surface area (Å²) < 4.78 is 2.13. The van der Waals surface area contributed by atoms with Crippen LogP contribution in [0.25, 0.3) is 11.0 Å². The molecule has 0 aliphatic carbocycles. The summed E-state index contributed by atoms with van der Waals surface area (Å²) in [6.45, 7) is 4.88. The first-order chi connectivity index (χ1) is 10.1. The van der Waals surface area contributed by atoms with Crippen molar-refractivity contribution in [3.63, 3.8) is 0 Å². The SMILES string of the molecule is CCc1nc2c(C(=O)O)cccc2n1Cc1sccc1C. The molecule has 0 saturated heterocycles. The minimum absolute atomic E-state index is 0.267. The molecule has 0 aliphatic heterocycles. The van der Waals surface area contributed by atoms with Gasteiger partial charge in [0.05, 0.1) is 17.6 Å². The summed E-state index contributed by atoms with van der Waals surface area (Å²) in [6, 6.07) is 7.44. The molecule has 0 radical (unpaired) electrons. The number of hydrogen-bond acceptors (Lipinski definition) is 3. The zero-order valence-electron chi connectivity index (χ0n) is 12.0. The van der Waals surface area contributed by atoms with E-state index in [1.54, 1.807) is 23.5 Å². The molecule has 2 aromatic heterocycles. The molecule has 5 heteroatoms. The van der Waals surface area contributed by atoms with E-state index in [9.17, 15) is 9.90 Å². The standard InChI is InChI=1S/C16H16N2O2S/c1-3-14-17-15-11(16(19)20)5-4-6-12(15)18(14)9-13-10(2)7-8-21-13/h4-8H,3,9H2,1-2H3,(H,19,20). The molecular weight excluding hydrogens is 284 g/mol. The monoisotopic (exact) mass is 300 g/mol. The van der Waals surface area contributed by atoms with Gasteiger partial charge < -0.3 is 9.67 Å². The van der Waals surface area contributed by atoms with Gasteiger partial charge in [-0.3, -0.25) is 0 Å². The van der Waals surface area contributed by atoms with Crippen LogP contribution in [0.3, 0.4) is 0 Å². The number of aryl methyl sites for hydroxylation is 2. The van der Waals surface area contributed by atoms with Gasteiger partial charge in [0.15, 0.2) is 0 Å². The topological polar surface area (TPSA) is 55.1 Å². The van der Waals surface area contributed by atoms with Crippen LogP contribution in [-0.2, 0) is 13.0 Å². The quantitative estimate of drug-likeness (QED) is 0.799. The Labute approximate surface area is 126 Å². The molecule has 0 aliphatic rings. The van der Waals surface area contributed by atoms with E-state index in [4.69, 9.17) is 0 Å². The summed E-state index contributed by atoms with van der Waals surface area (Å²) in [6.07, 6.45) is 0.776. The lowest BCUT2D eigenvalue weighted by molar-refractivity contribution is 0.0699. The van der Waals surface area contributed by atoms with Crippen molar-refractivity contribution in [2.24, 2.45) is 0 Å². The maximum Gasteiger partial charge on any atom is 0.337 e. The Balaban J connectivity index is 2.19. The number of aromatic carboxylic acids is 1. The fraction of sp³-hybridized carbons (Fsp3) is 0.250. The Morgan fingerprint density at radius 3 is 2.81 bits per heavy atom. The molecule has 1 aromatic carbocycles. The summed E-state index contributed by atoms with van der Waals surface area (Å²) in [5, 5.41) is 11.4. The van der Waals surface area contributed by atoms with Crippen LogP contribution in [0.15, 0.2) is 29.6 Å². The zero-order chi connectivity index (χ0) is 15.0. The number of aromatic nitrogens is 2. The van der Waals surface area contributed by atoms with Gasteiger partial charge in [0.2, 0.25) is 0 Å². The Morgan fingerprint density at radius 1 is 1.38 bits per heavy atom. The molecule has 3 rings (SSSR count). The van der Waals surface area contributed by atoms with Crippen LogP contribution in [0.5, 0.6) is 0 Å². The van der Waals surface area contributed by atoms with Crippen molar-refractivity contribution in [1.29, 1.82) is 0 Å². The zero-order valence-corrected chi connectivity index (χ0v) is 12.8. The molecule has 4 nitrogen and oxygen atoms in total. The molecule has 21 heavy (non-hydrogen) atoms. The van der Waals surface area contributed by atoms with Crippen molar-refractivity contribution in [3.05, 3.63) is 51.5 Å². The second kappa shape index (κ2) is 5.33. The first-order valence-electron chi connectivity index (χ1n) is 6.86. The van der Waals surface area contributed by atoms with Crippen molar-refractivity contribution >= 4 is 28.3 Å². The van der Waals surface area contributed by atoms with Crippen molar-refractivity contribution in [2.75, 3.05) is 0 Å². The third kappa shape index (κ3) is 2.34. The van der Waals surface area contributed by atoms with Crippen molar-refractivity contribution in [2.45, 2.75) is 26.8 Å². The van der Waals surface area contributed by atoms with E-state index in [-0.39, 0.29) is 5.56 Å². The number of rotatable bonds is 4. The fourth-order valence-corrected chi connectivity index (χ4v) is 3.42. The van der Waals surface area contributed by atoms with Gasteiger partial charge in [-0.25, -0.2) is 9.78 Å². The van der Waals surface area contributed by atoms with Gasteiger partial charge in [-0.2, -0.15) is 0 Å². The van der Waals surface area contributed by atoms with E-state index < -0.39 is 5.97 Å². The molecule has 0 atom stereocenters. The maximum absolute atomic E-state index is 11.3. The molecule has 0 fully saturated rings. The molecule has 0 bridgehead atoms. The van der Waals surface area contributed by atoms with Crippen LogP contribution in [0.2, 0.25) is 0 Å². The number of hydrogen-bond donors (Lipinski definition) is 1. The van der Waals surface area contributed by atoms with Gasteiger partial charge in [0.1, 0.15) is 11.3 Å². The molecule has 0 amide bonds. The predicted octanol–water partition coefficient (Wildman–Crippen LogP) is 3.72. The molecule has 2 heterocycles. The molecule has 0 unspecified atom stereocenters. The highest BCUT2D eigenvalue weighted by Gasteiger charge is 2.16. The van der Waals surface area contributed by atoms with Crippen LogP contribution in [-0.4, -0.2) is 20.6 Å². The average Bonchev–Trinajstić information content (AvgIpc) is 3.03. The number of para-hydroxylation sites is 1. The van der Waals surface area contributed by atoms with E-state index in [2.05, 4.69) is 27.9 Å². The van der Waals surface area contributed by atoms with Crippen LogP contribution < -0.4 is 0 Å². The minimum atomic E-state index is -0.930. The number of nitrogens with zero attached hydrogens (tertiary/aromatic N) is 2. The first kappa shape index (κ1) is 13.8. The number of carboxylic acid groups (broad SMARTS) is 1. The highest BCUT2D eigenvalue weighted by molar-refractivity contribution is 7.10. The van der Waals surface area contributed by atoms with Crippen molar-refractivity contribution in [1.82, 2.24) is 9.55 Å². The smallest absolute Gasteiger partial charge is 0.337 e. The average molecular weight is 300 g/mol. The highest BCUT2D eigenvalue weighted by atomic mass is 32.1. The Bertz CT molecular complexity index is 817. The lowest BCUT2D eigenvalue weighted by Crippen LogP contribution is -2.04. The number of carboxylic acids is 1. The Hall–Kier alpha value is -2.14. The fourth-order valence-electron chi connectivity index (χ4n) is 2.52. The van der Waals surface area contributed by atoms with Gasteiger partial charge >= 0.3 is 5.97 Å². The van der Waals surface area contributed by atoms with Crippen LogP contribution in [0.4, 0.5) is 0 Å². The van der Waals surface area contributed by atoms with E-state index in [1.165, 1.54) is 10.4 Å². The number of carbonyl (C=O) groups is 1. The van der Waals surface area contributed by atoms with Gasteiger partial charge in [-0.05, 0) is 36.1 Å². The lowest BCUT2D eigenvalue weighted by atomic mass is 10.2. The lowest BCUT2D eigenvalue weighted by Gasteiger charge is -2.07. The van der Waals surface area contributed by atoms with Gasteiger partial charge in [0, 0.05) is 11.3 Å². The van der Waals surface area contributed by atoms with Crippen LogP contribution in [0.1, 0.15) is 33.5 Å². The summed E-state index contributed by atoms with van der Waals surface area (Å²) in [4.78, 5) is 17.2. The normalized spacial score (nSPS) is 11.1. The Kier molecular flexibility index (Phi) is 3.51. The number of thiophene rings is 1. The maximum atomic E-state index is 11.3. The number of fused-ring (bicyclic) bond motifs is 1. The summed E-state index contributed by atoms with van der Waals surface area (Å²) in [5.41, 5.74) is 3.00. The molecule has 0 spiro atoms. The van der Waals surface area contributed by atoms with E-state index in [1.807, 2.05) is 13.0 Å². The molecule has 1 N–H and O–H groups in total. The van der Waals surface area contributed by atoms with Crippen LogP contribution >= 0.6 is 11.3 Å². The molecule has 3 aromatic rings. The van der Waals surface area contributed by atoms with E-state index in [0.717, 1.165) is 24.3 Å².